The second-order valence-electron chi connectivity index (χ2n) is 11.3. The zero-order valence-electron chi connectivity index (χ0n) is 22.3. The van der Waals surface area contributed by atoms with Crippen LogP contribution >= 0.6 is 34.5 Å². The Morgan fingerprint density at radius 3 is 2.68 bits per heavy atom. The first kappa shape index (κ1) is 27.2. The highest BCUT2D eigenvalue weighted by atomic mass is 35.5. The van der Waals surface area contributed by atoms with Crippen LogP contribution < -0.4 is 5.32 Å². The maximum Gasteiger partial charge on any atom is 0.189 e. The molecule has 1 saturated carbocycles. The molecule has 1 saturated heterocycles. The first-order chi connectivity index (χ1) is 19.9. The van der Waals surface area contributed by atoms with Crippen LogP contribution in [-0.2, 0) is 13.1 Å². The van der Waals surface area contributed by atoms with Crippen molar-refractivity contribution in [3.05, 3.63) is 63.9 Å². The summed E-state index contributed by atoms with van der Waals surface area (Å²) in [5.74, 6) is 0. The van der Waals surface area contributed by atoms with Gasteiger partial charge in [0, 0.05) is 64.1 Å². The molecule has 0 spiro atoms. The molecule has 5 heterocycles. The number of hydrogen-bond acceptors (Lipinski definition) is 8. The third kappa shape index (κ3) is 4.92. The molecule has 1 aliphatic carbocycles. The molecule has 3 N–H and O–H groups in total. The molecular weight excluding hydrogens is 579 g/mol. The first-order valence-corrected chi connectivity index (χ1v) is 15.5. The standard InChI is InChI=1S/C30H30Cl2N6O2S/c31-19-11-18-4-10-36(17-30(16-33)5-8-34-9-6-30)26(18)23(12-19)22-3-7-35-25-13-21(41-27(22)25)14-38-28(39)24(32)15-37(29(38)40)20-1-2-20/h3-4,7,10-13,15,20,28-29,34,39-40H,1-2,5-6,8-9,14,17H2. The molecule has 2 atom stereocenters. The van der Waals surface area contributed by atoms with Gasteiger partial charge in [-0.15, -0.1) is 11.3 Å². The van der Waals surface area contributed by atoms with Gasteiger partial charge in [0.2, 0.25) is 0 Å². The van der Waals surface area contributed by atoms with Gasteiger partial charge in [0.25, 0.3) is 0 Å². The lowest BCUT2D eigenvalue weighted by Gasteiger charge is -2.42. The second kappa shape index (κ2) is 10.5. The van der Waals surface area contributed by atoms with Crippen molar-refractivity contribution < 1.29 is 10.2 Å². The number of thiophene rings is 1. The zero-order valence-corrected chi connectivity index (χ0v) is 24.6. The second-order valence-corrected chi connectivity index (χ2v) is 13.4. The van der Waals surface area contributed by atoms with Gasteiger partial charge in [0.05, 0.1) is 32.2 Å². The lowest BCUT2D eigenvalue weighted by atomic mass is 9.80. The van der Waals surface area contributed by atoms with Gasteiger partial charge in [-0.25, -0.2) is 4.90 Å². The van der Waals surface area contributed by atoms with E-state index in [9.17, 15) is 15.5 Å². The van der Waals surface area contributed by atoms with Crippen LogP contribution in [0.5, 0.6) is 0 Å². The molecule has 0 bridgehead atoms. The SMILES string of the molecule is N#CC1(Cn2ccc3cc(Cl)cc(-c4ccnc5cc(CN6C(O)C(Cl)=CN(C7CC7)C6O)sc45)c32)CCNCC1. The van der Waals surface area contributed by atoms with Crippen molar-refractivity contribution in [3.8, 4) is 17.2 Å². The van der Waals surface area contributed by atoms with Gasteiger partial charge in [-0.3, -0.25) is 4.98 Å². The van der Waals surface area contributed by atoms with Crippen LogP contribution in [0.25, 0.3) is 32.2 Å². The number of rotatable bonds is 6. The Morgan fingerprint density at radius 1 is 1.12 bits per heavy atom. The topological polar surface area (TPSA) is 101 Å². The van der Waals surface area contributed by atoms with E-state index >= 15 is 0 Å². The van der Waals surface area contributed by atoms with E-state index in [4.69, 9.17) is 23.2 Å². The molecule has 7 rings (SSSR count). The molecule has 8 nitrogen and oxygen atoms in total. The lowest BCUT2D eigenvalue weighted by Crippen LogP contribution is -2.54. The summed E-state index contributed by atoms with van der Waals surface area (Å²) in [5, 5.41) is 37.4. The Morgan fingerprint density at radius 2 is 1.93 bits per heavy atom. The lowest BCUT2D eigenvalue weighted by molar-refractivity contribution is -0.164. The zero-order chi connectivity index (χ0) is 28.3. The number of fused-ring (bicyclic) bond motifs is 2. The number of aliphatic hydroxyl groups is 2. The third-order valence-corrected chi connectivity index (χ3v) is 10.2. The van der Waals surface area contributed by atoms with E-state index in [0.29, 0.717) is 23.1 Å². The summed E-state index contributed by atoms with van der Waals surface area (Å²) in [4.78, 5) is 9.04. The van der Waals surface area contributed by atoms with Crippen LogP contribution in [-0.4, -0.2) is 61.3 Å². The van der Waals surface area contributed by atoms with Gasteiger partial charge in [0.1, 0.15) is 6.23 Å². The van der Waals surface area contributed by atoms with Gasteiger partial charge >= 0.3 is 0 Å². The largest absolute Gasteiger partial charge is 0.373 e. The maximum atomic E-state index is 11.1. The van der Waals surface area contributed by atoms with E-state index in [2.05, 4.69) is 33.2 Å². The summed E-state index contributed by atoms with van der Waals surface area (Å²) in [6.45, 7) is 2.61. The van der Waals surface area contributed by atoms with E-state index in [1.165, 1.54) is 0 Å². The Hall–Kier alpha value is -2.68. The van der Waals surface area contributed by atoms with E-state index < -0.39 is 18.0 Å². The van der Waals surface area contributed by atoms with Crippen LogP contribution in [0.15, 0.2) is 54.0 Å². The minimum atomic E-state index is -1.09. The molecule has 11 heteroatoms. The summed E-state index contributed by atoms with van der Waals surface area (Å²) in [6, 6.07) is 12.9. The predicted molar refractivity (Wildman–Crippen MR) is 162 cm³/mol. The molecule has 2 unspecified atom stereocenters. The van der Waals surface area contributed by atoms with Gasteiger partial charge < -0.3 is 25.0 Å². The van der Waals surface area contributed by atoms with Crippen molar-refractivity contribution in [1.82, 2.24) is 24.7 Å². The van der Waals surface area contributed by atoms with E-state index in [1.807, 2.05) is 29.2 Å². The van der Waals surface area contributed by atoms with E-state index in [1.54, 1.807) is 28.6 Å². The van der Waals surface area contributed by atoms with Gasteiger partial charge in [-0.2, -0.15) is 5.26 Å². The molecule has 41 heavy (non-hydrogen) atoms. The summed E-state index contributed by atoms with van der Waals surface area (Å²) < 4.78 is 3.20. The number of nitrogens with one attached hydrogen (secondary N) is 1. The molecule has 4 aromatic rings. The molecule has 3 aliphatic rings. The monoisotopic (exact) mass is 608 g/mol. The Balaban J connectivity index is 1.28. The minimum absolute atomic E-state index is 0.246. The van der Waals surface area contributed by atoms with Crippen molar-refractivity contribution in [2.75, 3.05) is 13.1 Å². The van der Waals surface area contributed by atoms with Gasteiger partial charge in [0.15, 0.2) is 6.35 Å². The Kier molecular flexibility index (Phi) is 6.99. The molecule has 212 valence electrons. The molecule has 0 amide bonds. The average molecular weight is 610 g/mol. The Labute approximate surface area is 252 Å². The quantitative estimate of drug-likeness (QED) is 0.269. The van der Waals surface area contributed by atoms with Crippen molar-refractivity contribution in [2.45, 2.75) is 57.4 Å². The number of nitriles is 1. The predicted octanol–water partition coefficient (Wildman–Crippen LogP) is 5.42. The fourth-order valence-electron chi connectivity index (χ4n) is 6.21. The summed E-state index contributed by atoms with van der Waals surface area (Å²) in [7, 11) is 0. The molecule has 2 aliphatic heterocycles. The molecule has 0 radical (unpaired) electrons. The van der Waals surface area contributed by atoms with Crippen LogP contribution in [0.3, 0.4) is 0 Å². The number of hydrogen-bond donors (Lipinski definition) is 3. The van der Waals surface area contributed by atoms with Crippen LogP contribution in [0.4, 0.5) is 0 Å². The maximum absolute atomic E-state index is 11.1. The number of aromatic nitrogens is 2. The Bertz CT molecular complexity index is 1700. The van der Waals surface area contributed by atoms with Crippen molar-refractivity contribution in [2.24, 2.45) is 5.41 Å². The highest BCUT2D eigenvalue weighted by Crippen LogP contribution is 2.42. The minimum Gasteiger partial charge on any atom is -0.373 e. The normalized spacial score (nSPS) is 23.2. The summed E-state index contributed by atoms with van der Waals surface area (Å²) in [6.07, 6.45) is 7.10. The first-order valence-electron chi connectivity index (χ1n) is 13.9. The third-order valence-electron chi connectivity index (χ3n) is 8.55. The van der Waals surface area contributed by atoms with Crippen molar-refractivity contribution in [3.63, 3.8) is 0 Å². The highest BCUT2D eigenvalue weighted by Gasteiger charge is 2.41. The van der Waals surface area contributed by atoms with Crippen LogP contribution in [0.1, 0.15) is 30.6 Å². The number of benzene rings is 1. The number of halogens is 2. The van der Waals surface area contributed by atoms with Crippen molar-refractivity contribution >= 4 is 55.7 Å². The average Bonchev–Trinajstić information content (AvgIpc) is 3.62. The van der Waals surface area contributed by atoms with Gasteiger partial charge in [-0.1, -0.05) is 23.2 Å². The number of piperidine rings is 1. The highest BCUT2D eigenvalue weighted by molar-refractivity contribution is 7.19. The van der Waals surface area contributed by atoms with Crippen molar-refractivity contribution in [1.29, 1.82) is 5.26 Å². The van der Waals surface area contributed by atoms with Gasteiger partial charge in [-0.05, 0) is 69.1 Å². The van der Waals surface area contributed by atoms with E-state index in [-0.39, 0.29) is 6.04 Å². The fraction of sp³-hybridized carbons (Fsp3) is 0.400. The molecule has 1 aromatic carbocycles. The smallest absolute Gasteiger partial charge is 0.189 e. The summed E-state index contributed by atoms with van der Waals surface area (Å²) >= 11 is 14.6. The number of aliphatic hydroxyl groups excluding tert-OH is 2. The molecule has 3 aromatic heterocycles. The molecular formula is C30H30Cl2N6O2S. The summed E-state index contributed by atoms with van der Waals surface area (Å²) in [5.41, 5.74) is 3.46. The van der Waals surface area contributed by atoms with E-state index in [0.717, 1.165) is 75.9 Å². The van der Waals surface area contributed by atoms with Crippen LogP contribution in [0.2, 0.25) is 5.02 Å². The fourth-order valence-corrected chi connectivity index (χ4v) is 7.83. The number of nitrogens with zero attached hydrogens (tertiary/aromatic N) is 5. The van der Waals surface area contributed by atoms with Crippen LogP contribution in [0, 0.1) is 16.7 Å². The molecule has 2 fully saturated rings. The number of pyridine rings is 1.